The van der Waals surface area contributed by atoms with Crippen molar-refractivity contribution in [2.75, 3.05) is 6.73 Å². The van der Waals surface area contributed by atoms with E-state index >= 15 is 0 Å². The molecule has 6 aliphatic carbocycles. The summed E-state index contributed by atoms with van der Waals surface area (Å²) in [5, 5.41) is 56.8. The molecule has 67 heavy (non-hydrogen) atoms. The van der Waals surface area contributed by atoms with Crippen molar-refractivity contribution in [3.8, 4) is 45.8 Å². The summed E-state index contributed by atoms with van der Waals surface area (Å²) in [7, 11) is 0. The minimum absolute atomic E-state index is 0.0238. The Morgan fingerprint density at radius 1 is 0.896 bits per heavy atom. The number of aryl methyl sites for hydroxylation is 1. The molecule has 0 radical (unpaired) electrons. The molecule has 0 saturated heterocycles. The summed E-state index contributed by atoms with van der Waals surface area (Å²) in [5.41, 5.74) is 13.4. The van der Waals surface area contributed by atoms with Gasteiger partial charge in [-0.2, -0.15) is 6.20 Å². The second-order valence-corrected chi connectivity index (χ2v) is 21.0. The minimum Gasteiger partial charge on any atom is -0.663 e. The fraction of sp³-hybridized carbons (Fsp3) is 0.456. The fourth-order valence-electron chi connectivity index (χ4n) is 14.1. The van der Waals surface area contributed by atoms with E-state index in [0.717, 1.165) is 41.6 Å². The highest BCUT2D eigenvalue weighted by molar-refractivity contribution is 5.79. The van der Waals surface area contributed by atoms with Crippen molar-refractivity contribution in [3.63, 3.8) is 0 Å². The van der Waals surface area contributed by atoms with E-state index in [1.54, 1.807) is 36.4 Å². The number of fused-ring (bicyclic) bond motifs is 9. The quantitative estimate of drug-likeness (QED) is 0.0337. The number of aromatic nitrogens is 1. The van der Waals surface area contributed by atoms with Crippen molar-refractivity contribution in [1.82, 2.24) is 4.98 Å². The van der Waals surface area contributed by atoms with Crippen LogP contribution in [0.1, 0.15) is 136 Å². The molecule has 10 heteroatoms. The van der Waals surface area contributed by atoms with Crippen LogP contribution < -0.4 is 20.2 Å². The monoisotopic (exact) mass is 905 g/mol. The number of ether oxygens (including phenoxy) is 2. The molecule has 0 amide bonds. The van der Waals surface area contributed by atoms with Gasteiger partial charge in [-0.1, -0.05) is 99.4 Å². The molecule has 2 saturated carbocycles. The first-order valence-corrected chi connectivity index (χ1v) is 24.6. The first kappa shape index (κ1) is 45.1. The van der Waals surface area contributed by atoms with Gasteiger partial charge in [0.15, 0.2) is 23.0 Å². The van der Waals surface area contributed by atoms with Crippen LogP contribution >= 0.6 is 0 Å². The number of carbonyl (C=O) groups excluding carboxylic acids is 1. The van der Waals surface area contributed by atoms with Crippen LogP contribution in [0.3, 0.4) is 0 Å². The van der Waals surface area contributed by atoms with Crippen molar-refractivity contribution in [2.45, 2.75) is 127 Å². The molecule has 4 aromatic carbocycles. The lowest BCUT2D eigenvalue weighted by atomic mass is 9.40. The summed E-state index contributed by atoms with van der Waals surface area (Å²) in [6.45, 7) is 4.61. The van der Waals surface area contributed by atoms with Gasteiger partial charge in [0.05, 0.1) is 6.10 Å². The number of phenolic OH excluding ortho intramolecular Hbond substituents is 4. The van der Waals surface area contributed by atoms with Crippen molar-refractivity contribution in [1.29, 1.82) is 0 Å². The van der Waals surface area contributed by atoms with Crippen molar-refractivity contribution in [2.24, 2.45) is 34.8 Å². The number of aromatic hydroxyl groups is 4. The third kappa shape index (κ3) is 8.07. The van der Waals surface area contributed by atoms with Gasteiger partial charge in [0.25, 0.3) is 0 Å². The Morgan fingerprint density at radius 3 is 2.51 bits per heavy atom. The molecule has 6 aliphatic rings. The average molecular weight is 906 g/mol. The number of nitrogens with two attached hydrogens (primary N) is 1. The number of ketones is 1. The molecule has 7 N–H and O–H groups in total. The van der Waals surface area contributed by atoms with Crippen LogP contribution in [-0.2, 0) is 23.2 Å². The van der Waals surface area contributed by atoms with Gasteiger partial charge in [0.1, 0.15) is 24.9 Å². The van der Waals surface area contributed by atoms with Crippen LogP contribution in [0, 0.1) is 29.1 Å². The van der Waals surface area contributed by atoms with Crippen LogP contribution in [-0.4, -0.2) is 44.2 Å². The maximum Gasteiger partial charge on any atom is 0.200 e. The lowest BCUT2D eigenvalue weighted by Crippen LogP contribution is -2.56. The van der Waals surface area contributed by atoms with Gasteiger partial charge in [-0.05, 0) is 138 Å². The first-order chi connectivity index (χ1) is 32.4. The molecular weight excluding hydrogens is 841 g/mol. The molecular formula is C57H65N2O8-. The number of rotatable bonds is 15. The lowest BCUT2D eigenvalue weighted by Gasteiger charge is -2.64. The van der Waals surface area contributed by atoms with Gasteiger partial charge in [-0.15, -0.1) is 5.69 Å². The second-order valence-electron chi connectivity index (χ2n) is 21.0. The summed E-state index contributed by atoms with van der Waals surface area (Å²) in [5.74, 6) is -0.244. The molecule has 1 heterocycles. The maximum atomic E-state index is 14.1. The van der Waals surface area contributed by atoms with Crippen LogP contribution in [0.15, 0.2) is 97.2 Å². The lowest BCUT2D eigenvalue weighted by molar-refractivity contribution is -0.121. The third-order valence-corrected chi connectivity index (χ3v) is 16.7. The van der Waals surface area contributed by atoms with Crippen LogP contribution in [0.5, 0.6) is 34.5 Å². The minimum atomic E-state index is -1.06. The van der Waals surface area contributed by atoms with E-state index in [4.69, 9.17) is 20.2 Å². The molecule has 8 atom stereocenters. The van der Waals surface area contributed by atoms with Gasteiger partial charge in [0.2, 0.25) is 5.75 Å². The largest absolute Gasteiger partial charge is 0.663 e. The van der Waals surface area contributed by atoms with E-state index in [9.17, 15) is 30.3 Å². The number of phenols is 4. The Bertz CT molecular complexity index is 2660. The molecule has 1 spiro atoms. The number of benzene rings is 4. The van der Waals surface area contributed by atoms with E-state index in [-0.39, 0.29) is 95.5 Å². The molecule has 11 rings (SSSR count). The Labute approximate surface area is 393 Å². The standard InChI is InChI=1S/C57H65N2O8/c1-33(2)12-15-37-29-56(21-5-6-22-56)31-57(44-11-4-3-10-40(44)53-42(52(37)57)20-23-59-53)45-26-36-16-18-41(47(63)27-39(61)17-13-34-14-19-46(62)49(25-34)67-32-58)51(45)43-28-48(64)54(65)55(50(36)43)66-30-35-8-7-9-38(60)24-35/h3-4,7-11,14,16,18-20,23-25,28,33,36-37,41,45,47,51-52,60,62-65H,5-6,12-13,15,17,21-22,26-27,29-32,58H2,1-2H3/q-1/t36-,37-,41-,45-,47-,51-,52-,57+/m0/s1. The third-order valence-electron chi connectivity index (χ3n) is 16.7. The topological polar surface area (TPSA) is 177 Å². The molecule has 2 bridgehead atoms. The fourth-order valence-corrected chi connectivity index (χ4v) is 14.1. The van der Waals surface area contributed by atoms with Crippen molar-refractivity contribution < 1.29 is 39.8 Å². The summed E-state index contributed by atoms with van der Waals surface area (Å²) >= 11 is 0. The van der Waals surface area contributed by atoms with E-state index in [0.29, 0.717) is 30.2 Å². The molecule has 0 unspecified atom stereocenters. The molecule has 2 fully saturated rings. The van der Waals surface area contributed by atoms with E-state index in [2.05, 4.69) is 56.3 Å². The molecule has 0 aliphatic heterocycles. The summed E-state index contributed by atoms with van der Waals surface area (Å²) in [6.07, 6.45) is 15.7. The van der Waals surface area contributed by atoms with Gasteiger partial charge in [0, 0.05) is 35.7 Å². The first-order valence-electron chi connectivity index (χ1n) is 24.6. The summed E-state index contributed by atoms with van der Waals surface area (Å²) in [6, 6.07) is 24.8. The zero-order valence-electron chi connectivity index (χ0n) is 38.7. The van der Waals surface area contributed by atoms with Gasteiger partial charge in [-0.3, -0.25) is 10.5 Å². The Morgan fingerprint density at radius 2 is 1.72 bits per heavy atom. The molecule has 10 nitrogen and oxygen atoms in total. The number of Topliss-reactive ketones (excluding diaryl/α,β-unsaturated/α-hetero) is 1. The van der Waals surface area contributed by atoms with Crippen LogP contribution in [0.4, 0.5) is 0 Å². The highest BCUT2D eigenvalue weighted by atomic mass is 16.5. The number of carbonyl (C=O) groups is 1. The van der Waals surface area contributed by atoms with E-state index < -0.39 is 17.4 Å². The van der Waals surface area contributed by atoms with Gasteiger partial charge in [-0.25, -0.2) is 0 Å². The SMILES string of the molecule is CC(C)CC[C@H]1CC2(CCCC2)C[C@]2([C@H]3C[C@@H]4C=C[C@@H]([C@@H](O)CC(=O)CCc5ccc(O)c(OCN)c5)[C@H]3c3cc(O)c(O)c(OCc5cccc(O)c5)c34)c3ccccc3-c3[n-]ccc3[C@H]12. The van der Waals surface area contributed by atoms with E-state index in [1.807, 2.05) is 12.3 Å². The number of hydrogen-bond acceptors (Lipinski definition) is 9. The predicted molar refractivity (Wildman–Crippen MR) is 257 cm³/mol. The normalized spacial score (nSPS) is 25.8. The van der Waals surface area contributed by atoms with Crippen LogP contribution in [0.2, 0.25) is 0 Å². The maximum absolute atomic E-state index is 14.1. The summed E-state index contributed by atoms with van der Waals surface area (Å²) < 4.78 is 11.9. The van der Waals surface area contributed by atoms with Crippen LogP contribution in [0.25, 0.3) is 11.3 Å². The smallest absolute Gasteiger partial charge is 0.200 e. The molecule has 5 aromatic rings. The number of nitrogens with zero attached hydrogens (tertiary/aromatic N) is 1. The second kappa shape index (κ2) is 18.1. The van der Waals surface area contributed by atoms with Gasteiger partial charge < -0.3 is 40.0 Å². The highest BCUT2D eigenvalue weighted by Crippen LogP contribution is 2.73. The number of aliphatic hydroxyl groups is 1. The molecule has 352 valence electrons. The Kier molecular flexibility index (Phi) is 12.2. The highest BCUT2D eigenvalue weighted by Gasteiger charge is 2.64. The zero-order valence-corrected chi connectivity index (χ0v) is 38.7. The number of allylic oxidation sites excluding steroid dienone is 1. The van der Waals surface area contributed by atoms with Gasteiger partial charge >= 0.3 is 0 Å². The Balaban J connectivity index is 1.11. The Hall–Kier alpha value is -5.71. The summed E-state index contributed by atoms with van der Waals surface area (Å²) in [4.78, 5) is 19.2. The predicted octanol–water partition coefficient (Wildman–Crippen LogP) is 10.8. The van der Waals surface area contributed by atoms with Crippen molar-refractivity contribution in [3.05, 3.63) is 131 Å². The number of aliphatic hydroxyl groups excluding tert-OH is 1. The molecule has 1 aromatic heterocycles. The number of hydrogen-bond donors (Lipinski definition) is 6. The average Bonchev–Trinajstić information content (AvgIpc) is 3.90. The zero-order chi connectivity index (χ0) is 46.6. The van der Waals surface area contributed by atoms with E-state index in [1.165, 1.54) is 54.9 Å². The van der Waals surface area contributed by atoms with Crippen molar-refractivity contribution >= 4 is 5.78 Å².